The maximum atomic E-state index is 9.90. The number of ether oxygens (including phenoxy) is 1. The monoisotopic (exact) mass is 430 g/mol. The van der Waals surface area contributed by atoms with Gasteiger partial charge in [0, 0.05) is 5.41 Å². The minimum Gasteiger partial charge on any atom is -0.414 e. The summed E-state index contributed by atoms with van der Waals surface area (Å²) in [6, 6.07) is 2.53. The van der Waals surface area contributed by atoms with Crippen molar-refractivity contribution >= 4 is 14.0 Å². The van der Waals surface area contributed by atoms with E-state index in [-0.39, 0.29) is 23.0 Å². The number of nitriles is 1. The SMILES string of the molecule is CO/N=C1/C(C#N)CC2(C)C3CCC4(C)C(O[Si](C)(C)C)CCC4C3CCC23OC13. The van der Waals surface area contributed by atoms with E-state index in [1.165, 1.54) is 32.1 Å². The molecule has 4 saturated carbocycles. The third kappa shape index (κ3) is 2.67. The van der Waals surface area contributed by atoms with Gasteiger partial charge >= 0.3 is 0 Å². The molecule has 0 amide bonds. The number of epoxide rings is 1. The lowest BCUT2D eigenvalue weighted by Crippen LogP contribution is -2.60. The maximum absolute atomic E-state index is 9.90. The zero-order valence-electron chi connectivity index (χ0n) is 19.5. The summed E-state index contributed by atoms with van der Waals surface area (Å²) >= 11 is 0. The minimum absolute atomic E-state index is 0.0124. The van der Waals surface area contributed by atoms with E-state index >= 15 is 0 Å². The van der Waals surface area contributed by atoms with Crippen LogP contribution in [-0.2, 0) is 14.0 Å². The third-order valence-electron chi connectivity index (χ3n) is 9.78. The Bertz CT molecular complexity index is 803. The molecule has 9 atom stereocenters. The van der Waals surface area contributed by atoms with Crippen molar-refractivity contribution in [2.75, 3.05) is 7.11 Å². The second-order valence-corrected chi connectivity index (χ2v) is 16.6. The van der Waals surface area contributed by atoms with Crippen LogP contribution in [-0.4, -0.2) is 38.9 Å². The maximum Gasteiger partial charge on any atom is 0.184 e. The van der Waals surface area contributed by atoms with E-state index in [2.05, 4.69) is 44.7 Å². The van der Waals surface area contributed by atoms with Crippen LogP contribution in [0, 0.1) is 45.8 Å². The first kappa shape index (κ1) is 21.0. The van der Waals surface area contributed by atoms with Crippen LogP contribution in [0.1, 0.15) is 58.8 Å². The molecule has 5 aliphatic rings. The first-order chi connectivity index (χ1) is 14.1. The number of nitrogens with zero attached hydrogens (tertiary/aromatic N) is 2. The Morgan fingerprint density at radius 2 is 1.87 bits per heavy atom. The van der Waals surface area contributed by atoms with Gasteiger partial charge < -0.3 is 14.0 Å². The summed E-state index contributed by atoms with van der Waals surface area (Å²) in [7, 11) is 0.0235. The summed E-state index contributed by atoms with van der Waals surface area (Å²) < 4.78 is 13.2. The van der Waals surface area contributed by atoms with Gasteiger partial charge in [-0.3, -0.25) is 0 Å². The van der Waals surface area contributed by atoms with Crippen molar-refractivity contribution in [3.8, 4) is 6.07 Å². The van der Waals surface area contributed by atoms with Gasteiger partial charge in [-0.15, -0.1) is 0 Å². The van der Waals surface area contributed by atoms with Gasteiger partial charge in [-0.05, 0) is 87.8 Å². The van der Waals surface area contributed by atoms with Gasteiger partial charge in [-0.2, -0.15) is 5.26 Å². The highest BCUT2D eigenvalue weighted by Crippen LogP contribution is 2.73. The fraction of sp³-hybridized carbons (Fsp3) is 0.917. The first-order valence-corrected chi connectivity index (χ1v) is 15.4. The normalized spacial score (nSPS) is 53.2. The van der Waals surface area contributed by atoms with Crippen molar-refractivity contribution in [3.05, 3.63) is 0 Å². The largest absolute Gasteiger partial charge is 0.414 e. The molecular weight excluding hydrogens is 392 g/mol. The van der Waals surface area contributed by atoms with Gasteiger partial charge in [-0.25, -0.2) is 0 Å². The standard InChI is InChI=1S/C24H38N2O3Si/c1-22-11-10-18-16(17(22)7-8-19(22)29-30(4,5)6)9-12-24-21(28-24)20(26-27-3)15(14-25)13-23(18,24)2/h15-19,21H,7-13H2,1-6H3/b26-20-. The van der Waals surface area contributed by atoms with Crippen LogP contribution >= 0.6 is 0 Å². The van der Waals surface area contributed by atoms with Crippen molar-refractivity contribution in [3.63, 3.8) is 0 Å². The third-order valence-corrected chi connectivity index (χ3v) is 10.8. The molecule has 1 spiro atoms. The quantitative estimate of drug-likeness (QED) is 0.353. The van der Waals surface area contributed by atoms with Crippen LogP contribution < -0.4 is 0 Å². The van der Waals surface area contributed by atoms with E-state index < -0.39 is 8.32 Å². The lowest BCUT2D eigenvalue weighted by molar-refractivity contribution is -0.119. The summed E-state index contributed by atoms with van der Waals surface area (Å²) in [6.07, 6.45) is 8.65. The lowest BCUT2D eigenvalue weighted by Gasteiger charge is -2.60. The zero-order valence-corrected chi connectivity index (χ0v) is 20.5. The van der Waals surface area contributed by atoms with Gasteiger partial charge in [-0.1, -0.05) is 19.0 Å². The highest BCUT2D eigenvalue weighted by Gasteiger charge is 2.77. The Kier molecular flexibility index (Phi) is 4.58. The Morgan fingerprint density at radius 3 is 2.53 bits per heavy atom. The minimum atomic E-state index is -1.55. The van der Waals surface area contributed by atoms with Gasteiger partial charge in [0.1, 0.15) is 24.5 Å². The molecule has 1 heterocycles. The van der Waals surface area contributed by atoms with E-state index in [1.54, 1.807) is 7.11 Å². The van der Waals surface area contributed by atoms with E-state index in [0.29, 0.717) is 17.4 Å². The second kappa shape index (κ2) is 6.56. The topological polar surface area (TPSA) is 67.1 Å². The predicted molar refractivity (Wildman–Crippen MR) is 118 cm³/mol. The van der Waals surface area contributed by atoms with Crippen LogP contribution in [0.2, 0.25) is 19.6 Å². The molecule has 6 heteroatoms. The molecule has 0 bridgehead atoms. The van der Waals surface area contributed by atoms with Crippen LogP contribution in [0.4, 0.5) is 0 Å². The summed E-state index contributed by atoms with van der Waals surface area (Å²) in [5.74, 6) is 1.94. The van der Waals surface area contributed by atoms with Gasteiger partial charge in [0.15, 0.2) is 8.32 Å². The summed E-state index contributed by atoms with van der Waals surface area (Å²) in [4.78, 5) is 5.09. The van der Waals surface area contributed by atoms with Crippen molar-refractivity contribution in [1.82, 2.24) is 0 Å². The Labute approximate surface area is 182 Å². The molecule has 0 aromatic carbocycles. The second-order valence-electron chi connectivity index (χ2n) is 12.1. The first-order valence-electron chi connectivity index (χ1n) is 12.0. The number of hydrogen-bond acceptors (Lipinski definition) is 5. The van der Waals surface area contributed by atoms with Crippen molar-refractivity contribution < 1.29 is 14.0 Å². The number of rotatable bonds is 3. The number of oxime groups is 1. The van der Waals surface area contributed by atoms with Crippen molar-refractivity contribution in [1.29, 1.82) is 5.26 Å². The van der Waals surface area contributed by atoms with Crippen LogP contribution in [0.3, 0.4) is 0 Å². The molecule has 0 aromatic heterocycles. The van der Waals surface area contributed by atoms with Crippen LogP contribution in [0.25, 0.3) is 0 Å². The molecule has 1 saturated heterocycles. The van der Waals surface area contributed by atoms with E-state index in [4.69, 9.17) is 14.0 Å². The highest BCUT2D eigenvalue weighted by atomic mass is 28.4. The number of hydrogen-bond donors (Lipinski definition) is 0. The highest BCUT2D eigenvalue weighted by molar-refractivity contribution is 6.69. The molecule has 0 N–H and O–H groups in total. The lowest BCUT2D eigenvalue weighted by atomic mass is 9.44. The zero-order chi connectivity index (χ0) is 21.5. The fourth-order valence-electron chi connectivity index (χ4n) is 8.50. The van der Waals surface area contributed by atoms with Crippen molar-refractivity contribution in [2.45, 2.75) is 96.2 Å². The molecule has 5 rings (SSSR count). The van der Waals surface area contributed by atoms with Crippen molar-refractivity contribution in [2.24, 2.45) is 39.7 Å². The summed E-state index contributed by atoms with van der Waals surface area (Å²) in [6.45, 7) is 11.9. The molecule has 9 unspecified atom stereocenters. The van der Waals surface area contributed by atoms with Crippen LogP contribution in [0.15, 0.2) is 5.16 Å². The smallest absolute Gasteiger partial charge is 0.184 e. The van der Waals surface area contributed by atoms with Crippen LogP contribution in [0.5, 0.6) is 0 Å². The van der Waals surface area contributed by atoms with E-state index in [9.17, 15) is 5.26 Å². The Hall–Kier alpha value is -0.903. The van der Waals surface area contributed by atoms with E-state index in [0.717, 1.165) is 30.4 Å². The Morgan fingerprint density at radius 1 is 1.10 bits per heavy atom. The molecule has 4 aliphatic carbocycles. The summed E-state index contributed by atoms with van der Waals surface area (Å²) in [5.41, 5.74) is 1.10. The molecule has 0 aromatic rings. The van der Waals surface area contributed by atoms with Gasteiger partial charge in [0.05, 0.1) is 18.1 Å². The van der Waals surface area contributed by atoms with E-state index in [1.807, 2.05) is 0 Å². The summed E-state index contributed by atoms with van der Waals surface area (Å²) in [5, 5.41) is 14.1. The average Bonchev–Trinajstić information content (AvgIpc) is 3.33. The molecule has 1 aliphatic heterocycles. The Balaban J connectivity index is 1.44. The number of fused-ring (bicyclic) bond motifs is 4. The molecule has 5 nitrogen and oxygen atoms in total. The average molecular weight is 431 g/mol. The van der Waals surface area contributed by atoms with Gasteiger partial charge in [0.25, 0.3) is 0 Å². The molecule has 30 heavy (non-hydrogen) atoms. The molecule has 5 fully saturated rings. The molecule has 166 valence electrons. The predicted octanol–water partition coefficient (Wildman–Crippen LogP) is 5.13. The van der Waals surface area contributed by atoms with Gasteiger partial charge in [0.2, 0.25) is 0 Å². The molecular formula is C24H38N2O3Si. The fourth-order valence-corrected chi connectivity index (χ4v) is 9.74. The molecule has 0 radical (unpaired) electrons.